The summed E-state index contributed by atoms with van der Waals surface area (Å²) in [7, 11) is 0. The number of aromatic nitrogens is 1. The Bertz CT molecular complexity index is 754. The minimum absolute atomic E-state index is 0.140. The van der Waals surface area contributed by atoms with Crippen molar-refractivity contribution < 1.29 is 14.4 Å². The van der Waals surface area contributed by atoms with Crippen molar-refractivity contribution in [2.45, 2.75) is 55.9 Å². The second-order valence-corrected chi connectivity index (χ2v) is 9.37. The molecule has 0 radical (unpaired) electrons. The number of thioether (sulfide) groups is 1. The zero-order valence-electron chi connectivity index (χ0n) is 14.7. The molecule has 5 aliphatic carbocycles. The van der Waals surface area contributed by atoms with Crippen molar-refractivity contribution in [2.75, 3.05) is 0 Å². The van der Waals surface area contributed by atoms with Crippen molar-refractivity contribution in [3.63, 3.8) is 0 Å². The first-order valence-corrected chi connectivity index (χ1v) is 10.5. The van der Waals surface area contributed by atoms with Gasteiger partial charge in [0.15, 0.2) is 0 Å². The number of nitrogens with zero attached hydrogens (tertiary/aromatic N) is 1. The largest absolute Gasteiger partial charge is 0.490 e. The fourth-order valence-corrected chi connectivity index (χ4v) is 6.62. The van der Waals surface area contributed by atoms with Crippen molar-refractivity contribution in [1.82, 2.24) is 10.5 Å². The van der Waals surface area contributed by atoms with Crippen LogP contribution in [-0.4, -0.2) is 22.2 Å². The highest BCUT2D eigenvalue weighted by atomic mass is 32.2. The van der Waals surface area contributed by atoms with Crippen LogP contribution in [-0.2, 0) is 0 Å². The van der Waals surface area contributed by atoms with E-state index in [0.717, 1.165) is 29.6 Å². The zero-order chi connectivity index (χ0) is 17.7. The van der Waals surface area contributed by atoms with Crippen molar-refractivity contribution in [1.29, 1.82) is 0 Å². The molecule has 4 saturated carbocycles. The molecule has 0 saturated heterocycles. The molecule has 5 nitrogen and oxygen atoms in total. The molecule has 6 rings (SSSR count). The average molecular weight is 372 g/mol. The van der Waals surface area contributed by atoms with Gasteiger partial charge in [0.2, 0.25) is 5.76 Å². The van der Waals surface area contributed by atoms with Gasteiger partial charge in [-0.1, -0.05) is 30.0 Å². The normalized spacial score (nSPS) is 34.8. The van der Waals surface area contributed by atoms with Crippen molar-refractivity contribution in [3.05, 3.63) is 28.9 Å². The zero-order valence-corrected chi connectivity index (χ0v) is 15.5. The minimum atomic E-state index is -0.238. The van der Waals surface area contributed by atoms with Crippen molar-refractivity contribution >= 4 is 17.7 Å². The Morgan fingerprint density at radius 3 is 2.54 bits per heavy atom. The molecule has 0 atom stereocenters. The monoisotopic (exact) mass is 372 g/mol. The number of nitrogens with one attached hydrogen (secondary N) is 1. The van der Waals surface area contributed by atoms with Crippen LogP contribution in [0.15, 0.2) is 32.6 Å². The second-order valence-electron chi connectivity index (χ2n) is 8.28. The van der Waals surface area contributed by atoms with Crippen LogP contribution in [0.2, 0.25) is 0 Å². The van der Waals surface area contributed by atoms with Gasteiger partial charge in [-0.25, -0.2) is 0 Å². The summed E-state index contributed by atoms with van der Waals surface area (Å²) in [5.41, 5.74) is 0. The van der Waals surface area contributed by atoms with Gasteiger partial charge in [-0.15, -0.1) is 0 Å². The lowest BCUT2D eigenvalue weighted by atomic mass is 9.54. The lowest BCUT2D eigenvalue weighted by Crippen LogP contribution is -2.55. The standard InChI is InChI=1S/C20H24N2O3S/c23-19(21-16-13-7-11-6-12(9-13)10-14(16)8-11)17-18(20(24)22-25-17)26-15-4-2-1-3-5-15/h2,4-5,11-14,16H,1,3,6-10H2,(H,21,23)(H,22,24). The molecule has 2 N–H and O–H groups in total. The van der Waals surface area contributed by atoms with Gasteiger partial charge in [0.1, 0.15) is 4.90 Å². The van der Waals surface area contributed by atoms with Crippen LogP contribution in [0.3, 0.4) is 0 Å². The SMILES string of the molecule is O=C(NC1C2CC3CC(C2)CC1C3)c1onc(O)c1SC1=CCCC=C1. The molecule has 4 bridgehead atoms. The fraction of sp³-hybridized carbons (Fsp3) is 0.600. The third-order valence-corrected chi connectivity index (χ3v) is 7.65. The lowest BCUT2D eigenvalue weighted by molar-refractivity contribution is -0.0124. The van der Waals surface area contributed by atoms with Gasteiger partial charge in [0.25, 0.3) is 11.8 Å². The van der Waals surface area contributed by atoms with E-state index in [1.54, 1.807) is 0 Å². The summed E-state index contributed by atoms with van der Waals surface area (Å²) in [5.74, 6) is 2.65. The maximum absolute atomic E-state index is 12.9. The summed E-state index contributed by atoms with van der Waals surface area (Å²) >= 11 is 1.35. The topological polar surface area (TPSA) is 75.4 Å². The number of carbonyl (C=O) groups is 1. The number of carbonyl (C=O) groups excluding carboxylic acids is 1. The number of amides is 1. The average Bonchev–Trinajstić information content (AvgIpc) is 2.99. The quantitative estimate of drug-likeness (QED) is 0.826. The molecule has 0 aromatic carbocycles. The van der Waals surface area contributed by atoms with E-state index in [2.05, 4.69) is 22.6 Å². The van der Waals surface area contributed by atoms with Gasteiger partial charge in [-0.2, -0.15) is 0 Å². The van der Waals surface area contributed by atoms with E-state index < -0.39 is 0 Å². The Kier molecular flexibility index (Phi) is 4.11. The van der Waals surface area contributed by atoms with Gasteiger partial charge in [0.05, 0.1) is 0 Å². The van der Waals surface area contributed by atoms with E-state index in [0.29, 0.717) is 16.7 Å². The summed E-state index contributed by atoms with van der Waals surface area (Å²) in [6, 6.07) is 0.245. The molecule has 6 heteroatoms. The first-order valence-electron chi connectivity index (χ1n) is 9.71. The molecule has 0 aliphatic heterocycles. The summed E-state index contributed by atoms with van der Waals surface area (Å²) in [4.78, 5) is 14.3. The van der Waals surface area contributed by atoms with Gasteiger partial charge in [-0.05, 0) is 73.8 Å². The fourth-order valence-electron chi connectivity index (χ4n) is 5.67. The Labute approximate surface area is 157 Å². The Morgan fingerprint density at radius 1 is 1.15 bits per heavy atom. The summed E-state index contributed by atoms with van der Waals surface area (Å²) in [6.45, 7) is 0. The highest BCUT2D eigenvalue weighted by molar-refractivity contribution is 8.03. The first-order chi connectivity index (χ1) is 12.7. The molecule has 0 unspecified atom stereocenters. The number of aromatic hydroxyl groups is 1. The van der Waals surface area contributed by atoms with Crippen LogP contribution >= 0.6 is 11.8 Å². The number of hydrogen-bond acceptors (Lipinski definition) is 5. The minimum Gasteiger partial charge on any atom is -0.490 e. The predicted molar refractivity (Wildman–Crippen MR) is 98.8 cm³/mol. The maximum atomic E-state index is 12.9. The van der Waals surface area contributed by atoms with Crippen LogP contribution in [0.25, 0.3) is 0 Å². The number of allylic oxidation sites excluding steroid dienone is 3. The van der Waals surface area contributed by atoms with Gasteiger partial charge in [0, 0.05) is 10.9 Å². The molecule has 4 fully saturated rings. The van der Waals surface area contributed by atoms with E-state index in [1.807, 2.05) is 6.08 Å². The summed E-state index contributed by atoms with van der Waals surface area (Å²) in [6.07, 6.45) is 14.6. The van der Waals surface area contributed by atoms with Crippen LogP contribution in [0.5, 0.6) is 5.88 Å². The molecule has 138 valence electrons. The van der Waals surface area contributed by atoms with E-state index in [9.17, 15) is 9.90 Å². The van der Waals surface area contributed by atoms with Crippen LogP contribution in [0.4, 0.5) is 0 Å². The molecule has 1 amide bonds. The summed E-state index contributed by atoms with van der Waals surface area (Å²) in [5, 5.41) is 16.9. The van der Waals surface area contributed by atoms with Crippen molar-refractivity contribution in [2.24, 2.45) is 23.7 Å². The van der Waals surface area contributed by atoms with Gasteiger partial charge in [-0.3, -0.25) is 4.79 Å². The Morgan fingerprint density at radius 2 is 1.88 bits per heavy atom. The van der Waals surface area contributed by atoms with Crippen LogP contribution < -0.4 is 5.32 Å². The Hall–Kier alpha value is -1.69. The van der Waals surface area contributed by atoms with Crippen LogP contribution in [0.1, 0.15) is 55.5 Å². The van der Waals surface area contributed by atoms with Gasteiger partial charge >= 0.3 is 0 Å². The van der Waals surface area contributed by atoms with Crippen molar-refractivity contribution in [3.8, 4) is 5.88 Å². The third kappa shape index (κ3) is 2.88. The van der Waals surface area contributed by atoms with E-state index in [4.69, 9.17) is 4.52 Å². The third-order valence-electron chi connectivity index (χ3n) is 6.54. The first kappa shape index (κ1) is 16.5. The molecule has 26 heavy (non-hydrogen) atoms. The number of hydrogen-bond donors (Lipinski definition) is 2. The molecule has 1 heterocycles. The van der Waals surface area contributed by atoms with Crippen LogP contribution in [0, 0.1) is 23.7 Å². The van der Waals surface area contributed by atoms with E-state index in [-0.39, 0.29) is 23.6 Å². The molecule has 0 spiro atoms. The maximum Gasteiger partial charge on any atom is 0.291 e. The van der Waals surface area contributed by atoms with Gasteiger partial charge < -0.3 is 14.9 Å². The molecular weight excluding hydrogens is 348 g/mol. The molecule has 1 aromatic heterocycles. The second kappa shape index (κ2) is 6.48. The molecule has 5 aliphatic rings. The smallest absolute Gasteiger partial charge is 0.291 e. The number of rotatable bonds is 4. The molecule has 1 aromatic rings. The highest BCUT2D eigenvalue weighted by Gasteiger charge is 2.49. The molecular formula is C20H24N2O3S. The van der Waals surface area contributed by atoms with E-state index >= 15 is 0 Å². The predicted octanol–water partition coefficient (Wildman–Crippen LogP) is 4.26. The Balaban J connectivity index is 1.33. The lowest BCUT2D eigenvalue weighted by Gasteiger charge is -2.54. The summed E-state index contributed by atoms with van der Waals surface area (Å²) < 4.78 is 5.21. The highest BCUT2D eigenvalue weighted by Crippen LogP contribution is 2.53. The van der Waals surface area contributed by atoms with E-state index in [1.165, 1.54) is 43.9 Å².